The number of amides is 3. The van der Waals surface area contributed by atoms with Crippen LogP contribution in [0.1, 0.15) is 78.6 Å². The third-order valence-corrected chi connectivity index (χ3v) is 8.89. The Morgan fingerprint density at radius 3 is 2.47 bits per heavy atom. The highest BCUT2D eigenvalue weighted by atomic mass is 16.6. The first-order valence-electron chi connectivity index (χ1n) is 16.4. The highest BCUT2D eigenvalue weighted by Crippen LogP contribution is 2.47. The van der Waals surface area contributed by atoms with Crippen molar-refractivity contribution in [3.8, 4) is 18.2 Å². The number of nitrogens with one attached hydrogen (secondary N) is 3. The van der Waals surface area contributed by atoms with Crippen LogP contribution in [0.5, 0.6) is 5.88 Å². The number of aromatic nitrogens is 2. The lowest BCUT2D eigenvalue weighted by molar-refractivity contribution is -0.146. The summed E-state index contributed by atoms with van der Waals surface area (Å²) in [5.41, 5.74) is -0.933. The molecule has 47 heavy (non-hydrogen) atoms. The number of ether oxygens (including phenoxy) is 2. The highest BCUT2D eigenvalue weighted by Gasteiger charge is 2.62. The Labute approximate surface area is 274 Å². The van der Waals surface area contributed by atoms with E-state index in [0.29, 0.717) is 42.5 Å². The van der Waals surface area contributed by atoms with Crippen LogP contribution >= 0.6 is 0 Å². The molecule has 5 rings (SSSR count). The summed E-state index contributed by atoms with van der Waals surface area (Å²) < 4.78 is 11.8. The van der Waals surface area contributed by atoms with Gasteiger partial charge in [-0.15, -0.1) is 6.42 Å². The Morgan fingerprint density at radius 1 is 1.11 bits per heavy atom. The molecule has 2 aromatic rings. The van der Waals surface area contributed by atoms with E-state index < -0.39 is 53.2 Å². The fourth-order valence-corrected chi connectivity index (χ4v) is 6.48. The number of rotatable bonds is 6. The summed E-state index contributed by atoms with van der Waals surface area (Å²) in [5.74, 6) is 0.688. The fourth-order valence-electron chi connectivity index (χ4n) is 6.48. The minimum Gasteiger partial charge on any atom is -0.479 e. The lowest BCUT2D eigenvalue weighted by atomic mass is 10.0. The molecule has 4 N–H and O–H groups in total. The number of anilines is 1. The summed E-state index contributed by atoms with van der Waals surface area (Å²) in [4.78, 5) is 64.1. The predicted octanol–water partition coefficient (Wildman–Crippen LogP) is 3.62. The predicted molar refractivity (Wildman–Crippen MR) is 173 cm³/mol. The Morgan fingerprint density at radius 2 is 1.79 bits per heavy atom. The molecule has 0 spiro atoms. The van der Waals surface area contributed by atoms with Gasteiger partial charge in [-0.3, -0.25) is 9.59 Å². The van der Waals surface area contributed by atoms with E-state index in [1.165, 1.54) is 4.90 Å². The molecular formula is C34H44N6O7. The minimum atomic E-state index is -1.37. The number of alkyl carbamates (subject to hydrolysis) is 1. The number of fused-ring (bicyclic) bond motifs is 3. The van der Waals surface area contributed by atoms with Crippen molar-refractivity contribution in [1.82, 2.24) is 25.5 Å². The first-order chi connectivity index (χ1) is 22.4. The normalized spacial score (nSPS) is 26.8. The van der Waals surface area contributed by atoms with Crippen molar-refractivity contribution in [2.75, 3.05) is 18.4 Å². The molecule has 1 aromatic carbocycles. The molecule has 2 aliphatic heterocycles. The quantitative estimate of drug-likeness (QED) is 0.339. The molecule has 3 aliphatic rings. The van der Waals surface area contributed by atoms with Gasteiger partial charge in [-0.25, -0.2) is 19.6 Å². The zero-order chi connectivity index (χ0) is 33.8. The summed E-state index contributed by atoms with van der Waals surface area (Å²) in [6, 6.07) is 5.26. The number of benzene rings is 1. The van der Waals surface area contributed by atoms with Crippen molar-refractivity contribution in [3.63, 3.8) is 0 Å². The number of aliphatic carboxylic acids is 1. The second-order valence-corrected chi connectivity index (χ2v) is 13.6. The van der Waals surface area contributed by atoms with E-state index in [9.17, 15) is 24.3 Å². The molecule has 3 heterocycles. The Balaban J connectivity index is 1.45. The Bertz CT molecular complexity index is 1550. The van der Waals surface area contributed by atoms with Crippen molar-refractivity contribution in [1.29, 1.82) is 0 Å². The zero-order valence-corrected chi connectivity index (χ0v) is 27.2. The van der Waals surface area contributed by atoms with Crippen LogP contribution in [0, 0.1) is 18.3 Å². The number of carboxylic acids is 1. The Hall–Kier alpha value is -4.60. The molecule has 0 bridgehead atoms. The third kappa shape index (κ3) is 8.04. The summed E-state index contributed by atoms with van der Waals surface area (Å²) in [5, 5.41) is 18.7. The van der Waals surface area contributed by atoms with Gasteiger partial charge >= 0.3 is 12.1 Å². The molecule has 252 valence electrons. The number of terminal acetylenes is 1. The molecule has 3 fully saturated rings. The molecule has 2 saturated heterocycles. The molecule has 3 amide bonds. The monoisotopic (exact) mass is 648 g/mol. The molecule has 1 aromatic heterocycles. The van der Waals surface area contributed by atoms with Gasteiger partial charge in [-0.1, -0.05) is 50.2 Å². The summed E-state index contributed by atoms with van der Waals surface area (Å²) >= 11 is 0. The van der Waals surface area contributed by atoms with E-state index in [-0.39, 0.29) is 31.3 Å². The number of nitrogens with zero attached hydrogens (tertiary/aromatic N) is 3. The number of hydrogen-bond donors (Lipinski definition) is 4. The maximum atomic E-state index is 14.2. The van der Waals surface area contributed by atoms with E-state index in [2.05, 4.69) is 31.8 Å². The summed E-state index contributed by atoms with van der Waals surface area (Å²) in [6.07, 6.45) is 9.70. The van der Waals surface area contributed by atoms with Crippen LogP contribution in [-0.2, 0) is 19.1 Å². The van der Waals surface area contributed by atoms with E-state index >= 15 is 0 Å². The number of hydrogen-bond acceptors (Lipinski definition) is 9. The smallest absolute Gasteiger partial charge is 0.408 e. The maximum Gasteiger partial charge on any atom is 0.408 e. The molecule has 13 nitrogen and oxygen atoms in total. The van der Waals surface area contributed by atoms with Crippen LogP contribution in [0.25, 0.3) is 11.0 Å². The third-order valence-electron chi connectivity index (χ3n) is 8.89. The topological polar surface area (TPSA) is 172 Å². The van der Waals surface area contributed by atoms with Crippen molar-refractivity contribution in [2.24, 2.45) is 5.92 Å². The van der Waals surface area contributed by atoms with Crippen molar-refractivity contribution >= 4 is 40.7 Å². The van der Waals surface area contributed by atoms with Crippen LogP contribution in [0.3, 0.4) is 0 Å². The largest absolute Gasteiger partial charge is 0.479 e. The molecule has 0 radical (unpaired) electrons. The van der Waals surface area contributed by atoms with Gasteiger partial charge in [0.25, 0.3) is 5.88 Å². The minimum absolute atomic E-state index is 0.00396. The summed E-state index contributed by atoms with van der Waals surface area (Å²) in [7, 11) is 0. The molecule has 2 unspecified atom stereocenters. The van der Waals surface area contributed by atoms with Gasteiger partial charge in [0, 0.05) is 6.42 Å². The fraction of sp³-hybridized carbons (Fsp3) is 0.588. The van der Waals surface area contributed by atoms with E-state index in [1.807, 2.05) is 18.2 Å². The second-order valence-electron chi connectivity index (χ2n) is 13.6. The summed E-state index contributed by atoms with van der Waals surface area (Å²) in [6.45, 7) is 5.37. The van der Waals surface area contributed by atoms with Crippen LogP contribution in [0.15, 0.2) is 24.3 Å². The van der Waals surface area contributed by atoms with Crippen LogP contribution in [0.4, 0.5) is 10.6 Å². The maximum absolute atomic E-state index is 14.2. The highest BCUT2D eigenvalue weighted by molar-refractivity contribution is 5.96. The first-order valence-corrected chi connectivity index (χ1v) is 16.4. The number of carbonyl (C=O) groups is 4. The first kappa shape index (κ1) is 33.8. The van der Waals surface area contributed by atoms with Crippen LogP contribution < -0.4 is 20.7 Å². The SMILES string of the molecule is C#CCNc1nc2ccccc2nc1O[C@@H]1C[C@H]2C(=O)NC3(C(=O)O)CC3CCCCCCC[C@H](NC(=O)OC(C)(C)C)C(=O)N2C1. The number of carboxylic acid groups (broad SMARTS) is 1. The van der Waals surface area contributed by atoms with Crippen LogP contribution in [-0.4, -0.2) is 86.3 Å². The zero-order valence-electron chi connectivity index (χ0n) is 27.2. The van der Waals surface area contributed by atoms with Gasteiger partial charge in [0.05, 0.1) is 24.1 Å². The van der Waals surface area contributed by atoms with Gasteiger partial charge in [0.1, 0.15) is 29.3 Å². The van der Waals surface area contributed by atoms with Gasteiger partial charge in [0.2, 0.25) is 11.8 Å². The van der Waals surface area contributed by atoms with E-state index in [1.54, 1.807) is 26.8 Å². The molecule has 5 atom stereocenters. The standard InChI is InChI=1S/C34H44N6O7/c1-5-17-35-27-29(37-24-15-12-11-14-23(24)36-27)46-22-18-26-28(41)39-34(31(43)44)19-21(34)13-9-7-6-8-10-16-25(30(42)40(26)20-22)38-32(45)47-33(2,3)4/h1,11-12,14-15,21-22,25-26H,6-10,13,16-20H2,2-4H3,(H,35,36)(H,38,45)(H,39,41)(H,43,44)/t21?,22-,25+,26+,34?/m1/s1. The lowest BCUT2D eigenvalue weighted by Gasteiger charge is -2.30. The van der Waals surface area contributed by atoms with Gasteiger partial charge < -0.3 is 35.4 Å². The van der Waals surface area contributed by atoms with Crippen molar-refractivity contribution in [3.05, 3.63) is 24.3 Å². The van der Waals surface area contributed by atoms with Gasteiger partial charge in [-0.05, 0) is 58.1 Å². The van der Waals surface area contributed by atoms with E-state index in [0.717, 1.165) is 25.7 Å². The molecular weight excluding hydrogens is 604 g/mol. The average Bonchev–Trinajstić information content (AvgIpc) is 3.54. The van der Waals surface area contributed by atoms with E-state index in [4.69, 9.17) is 15.9 Å². The average molecular weight is 649 g/mol. The number of carbonyl (C=O) groups excluding carboxylic acids is 3. The second kappa shape index (κ2) is 14.0. The number of para-hydroxylation sites is 2. The Kier molecular flexibility index (Phi) is 10.1. The van der Waals surface area contributed by atoms with Gasteiger partial charge in [-0.2, -0.15) is 0 Å². The molecule has 1 saturated carbocycles. The molecule has 13 heteroatoms. The van der Waals surface area contributed by atoms with Crippen LogP contribution in [0.2, 0.25) is 0 Å². The van der Waals surface area contributed by atoms with Gasteiger partial charge in [0.15, 0.2) is 5.82 Å². The van der Waals surface area contributed by atoms with Crippen molar-refractivity contribution in [2.45, 2.75) is 108 Å². The van der Waals surface area contributed by atoms with Crippen molar-refractivity contribution < 1.29 is 33.8 Å². The molecule has 1 aliphatic carbocycles. The lowest BCUT2D eigenvalue weighted by Crippen LogP contribution is -2.56.